The molecule has 1 saturated heterocycles. The van der Waals surface area contributed by atoms with Gasteiger partial charge >= 0.3 is 0 Å². The van der Waals surface area contributed by atoms with Crippen LogP contribution in [0.3, 0.4) is 0 Å². The number of carbonyl (C=O) groups is 2. The van der Waals surface area contributed by atoms with Crippen molar-refractivity contribution >= 4 is 40.7 Å². The average molecular weight is 398 g/mol. The lowest BCUT2D eigenvalue weighted by atomic mass is 10.1. The van der Waals surface area contributed by atoms with Crippen molar-refractivity contribution in [2.24, 2.45) is 10.9 Å². The fourth-order valence-electron chi connectivity index (χ4n) is 2.60. The highest BCUT2D eigenvalue weighted by Gasteiger charge is 2.26. The summed E-state index contributed by atoms with van der Waals surface area (Å²) >= 11 is -1.55. The highest BCUT2D eigenvalue weighted by atomic mass is 32.2. The van der Waals surface area contributed by atoms with Crippen LogP contribution in [-0.4, -0.2) is 56.6 Å². The third-order valence-corrected chi connectivity index (χ3v) is 4.74. The van der Waals surface area contributed by atoms with Crippen LogP contribution < -0.4 is 15.6 Å². The first-order chi connectivity index (χ1) is 12.3. The lowest BCUT2D eigenvalue weighted by Gasteiger charge is -2.35. The van der Waals surface area contributed by atoms with Gasteiger partial charge in [0, 0.05) is 54.1 Å². The Balaban J connectivity index is 2.00. The van der Waals surface area contributed by atoms with Crippen molar-refractivity contribution in [1.29, 1.82) is 0 Å². The van der Waals surface area contributed by atoms with E-state index in [0.29, 0.717) is 43.0 Å². The molecule has 1 unspecified atom stereocenters. The normalized spacial score (nSPS) is 16.3. The van der Waals surface area contributed by atoms with Crippen molar-refractivity contribution < 1.29 is 18.4 Å². The number of hydrogen-bond donors (Lipinski definition) is 3. The molecule has 2 rings (SSSR count). The summed E-state index contributed by atoms with van der Waals surface area (Å²) in [6, 6.07) is 4.75. The topological polar surface area (TPSA) is 145 Å². The zero-order valence-corrected chi connectivity index (χ0v) is 15.8. The molecule has 1 aliphatic rings. The smallest absolute Gasteiger partial charge is 0.270 e. The van der Waals surface area contributed by atoms with Gasteiger partial charge in [-0.25, -0.2) is 0 Å². The molecular weight excluding hydrogens is 378 g/mol. The highest BCUT2D eigenvalue weighted by Crippen LogP contribution is 2.19. The Hall–Kier alpha value is -2.08. The molecule has 1 heterocycles. The third kappa shape index (κ3) is 4.97. The number of piperazine rings is 1. The van der Waals surface area contributed by atoms with Crippen LogP contribution in [0, 0.1) is 6.92 Å². The molecule has 2 amide bonds. The van der Waals surface area contributed by atoms with Crippen molar-refractivity contribution in [2.45, 2.75) is 6.92 Å². The Morgan fingerprint density at radius 1 is 1.27 bits per heavy atom. The standard InChI is InChI=1S/C15H21N5O4S2/c1-10-8-11(2-3-13(10)18-26(23)24)14(21)19-4-6-20(7-5-19)15(22)12(16)9-25-17/h2-3,8-9,18H,4-7,16-17H2,1H3,(H,23,24)/p-1/b12-9-. The molecule has 0 radical (unpaired) electrons. The van der Waals surface area contributed by atoms with E-state index in [9.17, 15) is 18.4 Å². The average Bonchev–Trinajstić information content (AvgIpc) is 2.62. The van der Waals surface area contributed by atoms with Gasteiger partial charge in [-0.1, -0.05) is 11.9 Å². The maximum atomic E-state index is 12.6. The molecule has 0 bridgehead atoms. The van der Waals surface area contributed by atoms with Gasteiger partial charge in [0.2, 0.25) is 0 Å². The summed E-state index contributed by atoms with van der Waals surface area (Å²) < 4.78 is 23.7. The summed E-state index contributed by atoms with van der Waals surface area (Å²) in [6.45, 7) is 3.24. The van der Waals surface area contributed by atoms with Crippen molar-refractivity contribution in [3.05, 3.63) is 40.4 Å². The molecule has 1 fully saturated rings. The molecule has 0 aliphatic carbocycles. The van der Waals surface area contributed by atoms with E-state index in [4.69, 9.17) is 10.9 Å². The molecule has 1 aliphatic heterocycles. The van der Waals surface area contributed by atoms with Crippen LogP contribution in [0.4, 0.5) is 5.69 Å². The van der Waals surface area contributed by atoms with Crippen LogP contribution >= 0.6 is 11.9 Å². The van der Waals surface area contributed by atoms with Crippen LogP contribution in [0.2, 0.25) is 0 Å². The number of amides is 2. The van der Waals surface area contributed by atoms with Crippen molar-refractivity contribution in [3.63, 3.8) is 0 Å². The molecule has 1 atom stereocenters. The lowest BCUT2D eigenvalue weighted by molar-refractivity contribution is -0.128. The van der Waals surface area contributed by atoms with Crippen molar-refractivity contribution in [1.82, 2.24) is 9.80 Å². The first-order valence-corrected chi connectivity index (χ1v) is 9.71. The highest BCUT2D eigenvalue weighted by molar-refractivity contribution is 8.00. The van der Waals surface area contributed by atoms with Gasteiger partial charge in [-0.05, 0) is 30.7 Å². The van der Waals surface area contributed by atoms with E-state index in [1.807, 2.05) is 0 Å². The summed E-state index contributed by atoms with van der Waals surface area (Å²) in [6.07, 6.45) is 0. The van der Waals surface area contributed by atoms with E-state index >= 15 is 0 Å². The SMILES string of the molecule is Cc1cc(C(=O)N2CCN(C(=O)/C(N)=C/SN)CC2)ccc1NS(=O)[O-]. The Morgan fingerprint density at radius 2 is 1.88 bits per heavy atom. The van der Waals surface area contributed by atoms with Crippen LogP contribution in [0.25, 0.3) is 0 Å². The Kier molecular flexibility index (Phi) is 7.03. The first-order valence-electron chi connectivity index (χ1n) is 7.69. The van der Waals surface area contributed by atoms with Crippen LogP contribution in [0.15, 0.2) is 29.3 Å². The number of nitrogens with one attached hydrogen (secondary N) is 1. The molecule has 5 N–H and O–H groups in total. The van der Waals surface area contributed by atoms with Gasteiger partial charge in [-0.2, -0.15) is 0 Å². The van der Waals surface area contributed by atoms with Gasteiger partial charge < -0.3 is 24.8 Å². The molecule has 0 spiro atoms. The second-order valence-electron chi connectivity index (χ2n) is 5.66. The third-order valence-electron chi connectivity index (χ3n) is 3.96. The predicted molar refractivity (Wildman–Crippen MR) is 100 cm³/mol. The zero-order chi connectivity index (χ0) is 19.3. The Morgan fingerprint density at radius 3 is 2.42 bits per heavy atom. The largest absolute Gasteiger partial charge is 0.755 e. The van der Waals surface area contributed by atoms with E-state index in [1.165, 1.54) is 5.41 Å². The zero-order valence-electron chi connectivity index (χ0n) is 14.1. The maximum absolute atomic E-state index is 12.6. The lowest BCUT2D eigenvalue weighted by Crippen LogP contribution is -2.51. The van der Waals surface area contributed by atoms with E-state index < -0.39 is 11.3 Å². The number of benzene rings is 1. The number of anilines is 1. The molecule has 0 aromatic heterocycles. The molecule has 0 saturated carbocycles. The van der Waals surface area contributed by atoms with Crippen LogP contribution in [-0.2, 0) is 16.1 Å². The maximum Gasteiger partial charge on any atom is 0.270 e. The van der Waals surface area contributed by atoms with Crippen LogP contribution in [0.5, 0.6) is 0 Å². The quantitative estimate of drug-likeness (QED) is 0.356. The fraction of sp³-hybridized carbons (Fsp3) is 0.333. The number of hydrogen-bond acceptors (Lipinski definition) is 7. The summed E-state index contributed by atoms with van der Waals surface area (Å²) in [5.74, 6) is -0.469. The molecule has 142 valence electrons. The minimum atomic E-state index is -2.42. The molecule has 1 aromatic rings. The van der Waals surface area contributed by atoms with E-state index in [2.05, 4.69) is 4.72 Å². The molecule has 9 nitrogen and oxygen atoms in total. The summed E-state index contributed by atoms with van der Waals surface area (Å²) in [5, 5.41) is 6.65. The Labute approximate surface area is 158 Å². The van der Waals surface area contributed by atoms with Gasteiger partial charge in [0.05, 0.1) is 0 Å². The predicted octanol–water partition coefficient (Wildman–Crippen LogP) is -0.108. The monoisotopic (exact) mass is 398 g/mol. The van der Waals surface area contributed by atoms with Gasteiger partial charge in [-0.15, -0.1) is 0 Å². The number of nitrogens with two attached hydrogens (primary N) is 2. The molecule has 26 heavy (non-hydrogen) atoms. The fourth-order valence-corrected chi connectivity index (χ4v) is 3.26. The minimum Gasteiger partial charge on any atom is -0.755 e. The van der Waals surface area contributed by atoms with Crippen LogP contribution in [0.1, 0.15) is 15.9 Å². The van der Waals surface area contributed by atoms with Gasteiger partial charge in [0.15, 0.2) is 0 Å². The molecular formula is C15H20N5O4S2-. The van der Waals surface area contributed by atoms with E-state index in [0.717, 1.165) is 11.9 Å². The van der Waals surface area contributed by atoms with Gasteiger partial charge in [0.1, 0.15) is 5.70 Å². The van der Waals surface area contributed by atoms with Crippen molar-refractivity contribution in [2.75, 3.05) is 30.9 Å². The second kappa shape index (κ2) is 9.03. The van der Waals surface area contributed by atoms with Crippen molar-refractivity contribution in [3.8, 4) is 0 Å². The first kappa shape index (κ1) is 20.2. The number of rotatable bonds is 5. The summed E-state index contributed by atoms with van der Waals surface area (Å²) in [4.78, 5) is 28.0. The summed E-state index contributed by atoms with van der Waals surface area (Å²) in [7, 11) is 0. The minimum absolute atomic E-state index is 0.0757. The molecule has 1 aromatic carbocycles. The van der Waals surface area contributed by atoms with E-state index in [1.54, 1.807) is 34.9 Å². The van der Waals surface area contributed by atoms with Gasteiger partial charge in [-0.3, -0.25) is 18.9 Å². The number of aryl methyl sites for hydroxylation is 1. The Bertz CT molecular complexity index is 748. The van der Waals surface area contributed by atoms with Gasteiger partial charge in [0.25, 0.3) is 11.8 Å². The number of nitrogens with zero attached hydrogens (tertiary/aromatic N) is 2. The van der Waals surface area contributed by atoms with E-state index in [-0.39, 0.29) is 17.5 Å². The number of carbonyl (C=O) groups excluding carboxylic acids is 2. The summed E-state index contributed by atoms with van der Waals surface area (Å²) in [5.41, 5.74) is 7.25. The molecule has 11 heteroatoms. The second-order valence-corrected chi connectivity index (χ2v) is 6.84.